The van der Waals surface area contributed by atoms with E-state index in [1.165, 1.54) is 212 Å². The fourth-order valence-corrected chi connectivity index (χ4v) is 10.3. The average Bonchev–Trinajstić information content (AvgIpc) is 3.14. The van der Waals surface area contributed by atoms with Crippen LogP contribution in [0.3, 0.4) is 0 Å². The molecule has 0 rings (SSSR count). The van der Waals surface area contributed by atoms with Gasteiger partial charge in [0.1, 0.15) is 0 Å². The van der Waals surface area contributed by atoms with Crippen molar-refractivity contribution >= 4 is 0 Å². The summed E-state index contributed by atoms with van der Waals surface area (Å²) in [4.78, 5) is 0. The molecule has 0 aliphatic heterocycles. The van der Waals surface area contributed by atoms with Crippen LogP contribution in [0.25, 0.3) is 0 Å². The standard InChI is InChI=1S/C57H116.5CH4/c1-14-26-48(4)28-17-30-50(6)32-19-34-52(8)36-21-38-54(10)40-23-42-56(12)44-25-46-57(13)45-24-43-55(11)41-22-39-53(9)37-20-35-51(7)33-18-31-49(5)29-16-27-47(3)15-2;;;;;/h47-57H,14-46H2,1-13H3;5*1H4. The molecule has 0 radical (unpaired) electrons. The van der Waals surface area contributed by atoms with Gasteiger partial charge in [-0.15, -0.1) is 0 Å². The average molecular weight is 882 g/mol. The van der Waals surface area contributed by atoms with E-state index in [1.807, 2.05) is 0 Å². The van der Waals surface area contributed by atoms with Crippen molar-refractivity contribution in [3.63, 3.8) is 0 Å². The van der Waals surface area contributed by atoms with Crippen LogP contribution in [0.4, 0.5) is 0 Å². The molecule has 0 spiro atoms. The first-order valence-corrected chi connectivity index (χ1v) is 27.2. The van der Waals surface area contributed by atoms with Gasteiger partial charge in [0.15, 0.2) is 0 Å². The molecule has 0 bridgehead atoms. The molecule has 0 nitrogen and oxygen atoms in total. The first kappa shape index (κ1) is 73.6. The van der Waals surface area contributed by atoms with Crippen LogP contribution in [0, 0.1) is 65.1 Å². The lowest BCUT2D eigenvalue weighted by molar-refractivity contribution is 0.351. The largest absolute Gasteiger partial charge is 0.0776 e. The summed E-state index contributed by atoms with van der Waals surface area (Å²) in [7, 11) is 0. The maximum absolute atomic E-state index is 2.54. The van der Waals surface area contributed by atoms with Crippen molar-refractivity contribution in [1.29, 1.82) is 0 Å². The van der Waals surface area contributed by atoms with Crippen molar-refractivity contribution in [3.8, 4) is 0 Å². The van der Waals surface area contributed by atoms with E-state index in [1.54, 1.807) is 0 Å². The first-order chi connectivity index (χ1) is 27.2. The molecule has 0 aromatic rings. The summed E-state index contributed by atoms with van der Waals surface area (Å²) in [5.74, 6) is 10.2. The minimum absolute atomic E-state index is 0. The fourth-order valence-electron chi connectivity index (χ4n) is 10.3. The molecule has 0 heteroatoms. The minimum atomic E-state index is 0. The molecule has 62 heavy (non-hydrogen) atoms. The fraction of sp³-hybridized carbons (Fsp3) is 1.00. The molecule has 11 atom stereocenters. The molecular formula is C62H136. The molecule has 0 aromatic heterocycles. The van der Waals surface area contributed by atoms with Crippen LogP contribution in [0.1, 0.15) is 339 Å². The van der Waals surface area contributed by atoms with Crippen molar-refractivity contribution < 1.29 is 0 Å². The van der Waals surface area contributed by atoms with Crippen LogP contribution in [0.5, 0.6) is 0 Å². The van der Waals surface area contributed by atoms with Crippen LogP contribution < -0.4 is 0 Å². The topological polar surface area (TPSA) is 0 Å². The third-order valence-corrected chi connectivity index (χ3v) is 15.4. The highest BCUT2D eigenvalue weighted by atomic mass is 14.2. The van der Waals surface area contributed by atoms with Gasteiger partial charge in [-0.3, -0.25) is 0 Å². The lowest BCUT2D eigenvalue weighted by Crippen LogP contribution is -2.03. The van der Waals surface area contributed by atoms with Crippen LogP contribution in [0.2, 0.25) is 0 Å². The number of hydrogen-bond acceptors (Lipinski definition) is 0. The molecule has 0 N–H and O–H groups in total. The summed E-state index contributed by atoms with van der Waals surface area (Å²) in [5, 5.41) is 0. The third kappa shape index (κ3) is 49.4. The van der Waals surface area contributed by atoms with Crippen LogP contribution >= 0.6 is 0 Å². The van der Waals surface area contributed by atoms with Gasteiger partial charge in [0.2, 0.25) is 0 Å². The smallest absolute Gasteiger partial charge is 0.0443 e. The zero-order chi connectivity index (χ0) is 42.7. The molecule has 11 unspecified atom stereocenters. The highest BCUT2D eigenvalue weighted by molar-refractivity contribution is 4.66. The first-order valence-electron chi connectivity index (χ1n) is 27.2. The Hall–Kier alpha value is 0. The van der Waals surface area contributed by atoms with E-state index in [4.69, 9.17) is 0 Å². The van der Waals surface area contributed by atoms with E-state index in [2.05, 4.69) is 90.0 Å². The molecule has 0 saturated heterocycles. The van der Waals surface area contributed by atoms with Crippen molar-refractivity contribution in [2.45, 2.75) is 339 Å². The lowest BCUT2D eigenvalue weighted by Gasteiger charge is -2.18. The summed E-state index contributed by atoms with van der Waals surface area (Å²) in [6, 6.07) is 0. The van der Waals surface area contributed by atoms with Gasteiger partial charge in [0, 0.05) is 0 Å². The Bertz CT molecular complexity index is 798. The molecule has 0 saturated carbocycles. The maximum Gasteiger partial charge on any atom is -0.0443 e. The lowest BCUT2D eigenvalue weighted by atomic mass is 9.88. The second-order valence-electron chi connectivity index (χ2n) is 22.7. The van der Waals surface area contributed by atoms with Gasteiger partial charge in [0.05, 0.1) is 0 Å². The van der Waals surface area contributed by atoms with E-state index >= 15 is 0 Å². The van der Waals surface area contributed by atoms with Gasteiger partial charge in [-0.05, 0) is 65.1 Å². The molecule has 0 fully saturated rings. The van der Waals surface area contributed by atoms with Crippen LogP contribution in [0.15, 0.2) is 0 Å². The summed E-state index contributed by atoms with van der Waals surface area (Å²) in [6.45, 7) is 32.2. The maximum atomic E-state index is 2.54. The number of rotatable bonds is 43. The summed E-state index contributed by atoms with van der Waals surface area (Å²) >= 11 is 0. The Morgan fingerprint density at radius 1 is 0.177 bits per heavy atom. The SMILES string of the molecule is C.C.C.C.C.CCCC(C)CCCC(C)CCCC(C)CCCC(C)CCCC(C)CCCC(C)CCCC(C)CCCC(C)CCCC(C)CCCC(C)CCCC(C)CC. The number of hydrogen-bond donors (Lipinski definition) is 0. The van der Waals surface area contributed by atoms with E-state index in [9.17, 15) is 0 Å². The van der Waals surface area contributed by atoms with Crippen molar-refractivity contribution in [2.75, 3.05) is 0 Å². The Kier molecular flexibility index (Phi) is 59.8. The molecule has 0 aromatic carbocycles. The minimum Gasteiger partial charge on any atom is -0.0776 e. The van der Waals surface area contributed by atoms with Gasteiger partial charge < -0.3 is 0 Å². The van der Waals surface area contributed by atoms with Crippen molar-refractivity contribution in [1.82, 2.24) is 0 Å². The second-order valence-corrected chi connectivity index (χ2v) is 22.7. The van der Waals surface area contributed by atoms with E-state index < -0.39 is 0 Å². The predicted molar refractivity (Wildman–Crippen MR) is 298 cm³/mol. The molecule has 0 amide bonds. The molecule has 0 heterocycles. The van der Waals surface area contributed by atoms with Gasteiger partial charge in [-0.2, -0.15) is 0 Å². The normalized spacial score (nSPS) is 16.6. The van der Waals surface area contributed by atoms with Gasteiger partial charge in [-0.25, -0.2) is 0 Å². The predicted octanol–water partition coefficient (Wildman–Crippen LogP) is 24.1. The van der Waals surface area contributed by atoms with E-state index in [-0.39, 0.29) is 37.1 Å². The van der Waals surface area contributed by atoms with Gasteiger partial charge in [0.25, 0.3) is 0 Å². The van der Waals surface area contributed by atoms with Crippen molar-refractivity contribution in [3.05, 3.63) is 0 Å². The Morgan fingerprint density at radius 2 is 0.290 bits per heavy atom. The Labute approximate surface area is 402 Å². The van der Waals surface area contributed by atoms with Gasteiger partial charge in [-0.1, -0.05) is 339 Å². The highest BCUT2D eigenvalue weighted by Crippen LogP contribution is 2.28. The second kappa shape index (κ2) is 50.4. The molecule has 0 aliphatic carbocycles. The van der Waals surface area contributed by atoms with Crippen LogP contribution in [-0.4, -0.2) is 0 Å². The molecular weight excluding hydrogens is 745 g/mol. The van der Waals surface area contributed by atoms with Crippen molar-refractivity contribution in [2.24, 2.45) is 65.1 Å². The van der Waals surface area contributed by atoms with Crippen LogP contribution in [-0.2, 0) is 0 Å². The van der Waals surface area contributed by atoms with E-state index in [0.29, 0.717) is 0 Å². The summed E-state index contributed by atoms with van der Waals surface area (Å²) in [5.41, 5.74) is 0. The zero-order valence-electron chi connectivity index (χ0n) is 42.7. The Balaban J connectivity index is -0.00000157. The molecule has 384 valence electrons. The highest BCUT2D eigenvalue weighted by Gasteiger charge is 2.13. The van der Waals surface area contributed by atoms with E-state index in [0.717, 1.165) is 65.1 Å². The quantitative estimate of drug-likeness (QED) is 0.0572. The molecule has 0 aliphatic rings. The summed E-state index contributed by atoms with van der Waals surface area (Å²) < 4.78 is 0. The third-order valence-electron chi connectivity index (χ3n) is 15.4. The zero-order valence-corrected chi connectivity index (χ0v) is 42.7. The Morgan fingerprint density at radius 3 is 0.403 bits per heavy atom. The summed E-state index contributed by atoms with van der Waals surface area (Å²) in [6.07, 6.45) is 47.7. The monoisotopic (exact) mass is 881 g/mol. The van der Waals surface area contributed by atoms with Gasteiger partial charge >= 0.3 is 0 Å².